The van der Waals surface area contributed by atoms with Gasteiger partial charge in [-0.1, -0.05) is 0 Å². The monoisotopic (exact) mass is 214 g/mol. The number of piperazine rings is 1. The molecule has 1 fully saturated rings. The van der Waals surface area contributed by atoms with E-state index in [4.69, 9.17) is 5.11 Å². The molecule has 0 aromatic carbocycles. The van der Waals surface area contributed by atoms with Crippen molar-refractivity contribution in [1.82, 2.24) is 10.2 Å². The van der Waals surface area contributed by atoms with Gasteiger partial charge in [-0.05, 0) is 13.3 Å². The van der Waals surface area contributed by atoms with Gasteiger partial charge in [0.25, 0.3) is 0 Å². The molecule has 2 amide bonds. The molecule has 1 heterocycles. The molecule has 2 N–H and O–H groups in total. The Labute approximate surface area is 87.2 Å². The number of rotatable bonds is 4. The van der Waals surface area contributed by atoms with Gasteiger partial charge in [0.05, 0.1) is 12.6 Å². The maximum atomic E-state index is 11.2. The summed E-state index contributed by atoms with van der Waals surface area (Å²) in [6.07, 6.45) is 0.499. The number of carboxylic acid groups (broad SMARTS) is 1. The third kappa shape index (κ3) is 3.32. The van der Waals surface area contributed by atoms with E-state index in [-0.39, 0.29) is 30.8 Å². The lowest BCUT2D eigenvalue weighted by Gasteiger charge is -2.31. The Morgan fingerprint density at radius 1 is 1.60 bits per heavy atom. The van der Waals surface area contributed by atoms with Crippen molar-refractivity contribution in [3.05, 3.63) is 0 Å². The summed E-state index contributed by atoms with van der Waals surface area (Å²) in [6, 6.07) is -0.364. The van der Waals surface area contributed by atoms with E-state index in [1.165, 1.54) is 0 Å². The van der Waals surface area contributed by atoms with Crippen molar-refractivity contribution in [1.29, 1.82) is 0 Å². The van der Waals surface area contributed by atoms with E-state index in [1.807, 2.05) is 0 Å². The fraction of sp³-hybridized carbons (Fsp3) is 0.667. The second-order valence-electron chi connectivity index (χ2n) is 3.56. The maximum absolute atomic E-state index is 11.2. The molecule has 1 unspecified atom stereocenters. The molecule has 0 aromatic rings. The number of nitrogens with one attached hydrogen (secondary N) is 1. The highest BCUT2D eigenvalue weighted by atomic mass is 16.4. The molecular weight excluding hydrogens is 200 g/mol. The normalized spacial score (nSPS) is 22.6. The molecule has 0 aromatic heterocycles. The van der Waals surface area contributed by atoms with Crippen LogP contribution in [0.4, 0.5) is 0 Å². The molecule has 1 aliphatic rings. The first-order valence-electron chi connectivity index (χ1n) is 4.80. The summed E-state index contributed by atoms with van der Waals surface area (Å²) in [4.78, 5) is 34.2. The van der Waals surface area contributed by atoms with E-state index in [0.29, 0.717) is 13.0 Å². The Kier molecular flexibility index (Phi) is 3.79. The molecule has 1 rings (SSSR count). The first kappa shape index (κ1) is 11.6. The van der Waals surface area contributed by atoms with Crippen LogP contribution in [0, 0.1) is 0 Å². The van der Waals surface area contributed by atoms with Gasteiger partial charge in [0.1, 0.15) is 0 Å². The minimum Gasteiger partial charge on any atom is -0.481 e. The summed E-state index contributed by atoms with van der Waals surface area (Å²) in [6.45, 7) is 2.31. The number of amides is 2. The summed E-state index contributed by atoms with van der Waals surface area (Å²) in [7, 11) is 0. The third-order valence-corrected chi connectivity index (χ3v) is 2.37. The van der Waals surface area contributed by atoms with Crippen LogP contribution in [-0.4, -0.2) is 46.9 Å². The zero-order valence-electron chi connectivity index (χ0n) is 8.52. The number of aliphatic carboxylic acids is 1. The van der Waals surface area contributed by atoms with Gasteiger partial charge in [-0.25, -0.2) is 0 Å². The smallest absolute Gasteiger partial charge is 0.303 e. The zero-order chi connectivity index (χ0) is 11.4. The Hall–Kier alpha value is -1.43. The molecule has 0 saturated carbocycles. The minimum atomic E-state index is -0.865. The summed E-state index contributed by atoms with van der Waals surface area (Å²) in [5, 5.41) is 10.7. The lowest BCUT2D eigenvalue weighted by molar-refractivity contribution is -0.139. The highest BCUT2D eigenvalue weighted by Gasteiger charge is 2.29. The van der Waals surface area contributed by atoms with Crippen LogP contribution in [-0.2, 0) is 14.4 Å². The molecule has 84 valence electrons. The maximum Gasteiger partial charge on any atom is 0.303 e. The van der Waals surface area contributed by atoms with Crippen LogP contribution in [0.15, 0.2) is 0 Å². The highest BCUT2D eigenvalue weighted by molar-refractivity contribution is 6.00. The second-order valence-corrected chi connectivity index (χ2v) is 3.56. The first-order valence-corrected chi connectivity index (χ1v) is 4.80. The average molecular weight is 214 g/mol. The lowest BCUT2D eigenvalue weighted by Crippen LogP contribution is -2.56. The standard InChI is InChI=1S/C9H14N2O4/c1-6-9(15)10-7(12)5-11(6)4-2-3-8(13)14/h6H,2-5H2,1H3,(H,13,14)(H,10,12,15). The molecule has 6 nitrogen and oxygen atoms in total. The summed E-state index contributed by atoms with van der Waals surface area (Å²) in [5.74, 6) is -1.51. The Morgan fingerprint density at radius 2 is 2.27 bits per heavy atom. The van der Waals surface area contributed by atoms with Crippen molar-refractivity contribution in [2.75, 3.05) is 13.1 Å². The summed E-state index contributed by atoms with van der Waals surface area (Å²) in [5.41, 5.74) is 0. The average Bonchev–Trinajstić information content (AvgIpc) is 2.12. The lowest BCUT2D eigenvalue weighted by atomic mass is 10.2. The Morgan fingerprint density at radius 3 is 2.87 bits per heavy atom. The van der Waals surface area contributed by atoms with Crippen molar-refractivity contribution in [2.24, 2.45) is 0 Å². The summed E-state index contributed by atoms with van der Waals surface area (Å²) >= 11 is 0. The largest absolute Gasteiger partial charge is 0.481 e. The van der Waals surface area contributed by atoms with Crippen LogP contribution in [0.25, 0.3) is 0 Å². The van der Waals surface area contributed by atoms with Crippen molar-refractivity contribution < 1.29 is 19.5 Å². The fourth-order valence-electron chi connectivity index (χ4n) is 1.47. The van der Waals surface area contributed by atoms with E-state index in [9.17, 15) is 14.4 Å². The third-order valence-electron chi connectivity index (χ3n) is 2.37. The van der Waals surface area contributed by atoms with Crippen molar-refractivity contribution in [2.45, 2.75) is 25.8 Å². The summed E-state index contributed by atoms with van der Waals surface area (Å²) < 4.78 is 0. The van der Waals surface area contributed by atoms with Crippen molar-refractivity contribution >= 4 is 17.8 Å². The SMILES string of the molecule is CC1C(=O)NC(=O)CN1CCCC(=O)O. The first-order chi connectivity index (χ1) is 7.00. The van der Waals surface area contributed by atoms with Crippen molar-refractivity contribution in [3.63, 3.8) is 0 Å². The molecule has 1 atom stereocenters. The number of imide groups is 1. The molecule has 0 radical (unpaired) electrons. The number of carboxylic acids is 1. The molecule has 1 aliphatic heterocycles. The molecule has 0 spiro atoms. The van der Waals surface area contributed by atoms with Gasteiger partial charge >= 0.3 is 5.97 Å². The quantitative estimate of drug-likeness (QED) is 0.598. The van der Waals surface area contributed by atoms with Crippen LogP contribution in [0.1, 0.15) is 19.8 Å². The van der Waals surface area contributed by atoms with E-state index in [2.05, 4.69) is 5.32 Å². The predicted molar refractivity (Wildman–Crippen MR) is 51.1 cm³/mol. The van der Waals surface area contributed by atoms with E-state index < -0.39 is 5.97 Å². The fourth-order valence-corrected chi connectivity index (χ4v) is 1.47. The molecule has 1 saturated heterocycles. The zero-order valence-corrected chi connectivity index (χ0v) is 8.52. The van der Waals surface area contributed by atoms with Crippen LogP contribution in [0.2, 0.25) is 0 Å². The molecular formula is C9H14N2O4. The van der Waals surface area contributed by atoms with Gasteiger partial charge in [-0.2, -0.15) is 0 Å². The van der Waals surface area contributed by atoms with Gasteiger partial charge in [0.2, 0.25) is 11.8 Å². The van der Waals surface area contributed by atoms with Crippen LogP contribution >= 0.6 is 0 Å². The Balaban J connectivity index is 2.42. The predicted octanol–water partition coefficient (Wildman–Crippen LogP) is -0.802. The Bertz CT molecular complexity index is 290. The van der Waals surface area contributed by atoms with E-state index in [0.717, 1.165) is 0 Å². The second kappa shape index (κ2) is 4.88. The van der Waals surface area contributed by atoms with Crippen LogP contribution in [0.5, 0.6) is 0 Å². The number of nitrogens with zero attached hydrogens (tertiary/aromatic N) is 1. The topological polar surface area (TPSA) is 86.7 Å². The minimum absolute atomic E-state index is 0.0546. The highest BCUT2D eigenvalue weighted by Crippen LogP contribution is 2.06. The molecule has 6 heteroatoms. The van der Waals surface area contributed by atoms with Gasteiger partial charge in [-0.15, -0.1) is 0 Å². The van der Waals surface area contributed by atoms with Gasteiger partial charge in [0, 0.05) is 13.0 Å². The van der Waals surface area contributed by atoms with Crippen LogP contribution < -0.4 is 5.32 Å². The van der Waals surface area contributed by atoms with Crippen molar-refractivity contribution in [3.8, 4) is 0 Å². The van der Waals surface area contributed by atoms with E-state index >= 15 is 0 Å². The number of hydrogen-bond acceptors (Lipinski definition) is 4. The molecule has 0 bridgehead atoms. The number of hydrogen-bond donors (Lipinski definition) is 2. The van der Waals surface area contributed by atoms with Crippen LogP contribution in [0.3, 0.4) is 0 Å². The molecule has 15 heavy (non-hydrogen) atoms. The van der Waals surface area contributed by atoms with Gasteiger partial charge in [0.15, 0.2) is 0 Å². The molecule has 0 aliphatic carbocycles. The number of carbonyl (C=O) groups excluding carboxylic acids is 2. The number of carbonyl (C=O) groups is 3. The van der Waals surface area contributed by atoms with E-state index in [1.54, 1.807) is 11.8 Å². The van der Waals surface area contributed by atoms with Gasteiger partial charge in [-0.3, -0.25) is 24.6 Å². The van der Waals surface area contributed by atoms with Gasteiger partial charge < -0.3 is 5.11 Å².